The van der Waals surface area contributed by atoms with Crippen LogP contribution in [0.15, 0.2) is 0 Å². The van der Waals surface area contributed by atoms with Crippen LogP contribution in [0.2, 0.25) is 0 Å². The molecule has 1 aliphatic rings. The summed E-state index contributed by atoms with van der Waals surface area (Å²) in [6.07, 6.45) is 1.07. The van der Waals surface area contributed by atoms with Gasteiger partial charge in [-0.05, 0) is 12.2 Å². The Labute approximate surface area is 89.6 Å². The second-order valence-electron chi connectivity index (χ2n) is 3.51. The molecule has 0 aromatic rings. The normalized spacial score (nSPS) is 25.1. The molecule has 5 heteroatoms. The first-order valence-electron chi connectivity index (χ1n) is 4.86. The minimum atomic E-state index is -2.90. The van der Waals surface area contributed by atoms with Crippen LogP contribution in [0.3, 0.4) is 0 Å². The molecule has 3 nitrogen and oxygen atoms in total. The average Bonchev–Trinajstić information content (AvgIpc) is 2.46. The molecule has 0 spiro atoms. The predicted molar refractivity (Wildman–Crippen MR) is 59.4 cm³/mol. The highest BCUT2D eigenvalue weighted by Gasteiger charge is 2.32. The summed E-state index contributed by atoms with van der Waals surface area (Å²) in [6, 6.07) is 0. The third kappa shape index (κ3) is 3.61. The molecule has 0 saturated carbocycles. The van der Waals surface area contributed by atoms with Crippen molar-refractivity contribution < 1.29 is 13.2 Å². The molecule has 82 valence electrons. The summed E-state index contributed by atoms with van der Waals surface area (Å²) in [6.45, 7) is 2.05. The van der Waals surface area contributed by atoms with E-state index in [4.69, 9.17) is 0 Å². The summed E-state index contributed by atoms with van der Waals surface area (Å²) < 4.78 is 22.2. The van der Waals surface area contributed by atoms with Gasteiger partial charge in [-0.25, -0.2) is 8.42 Å². The molecule has 1 rings (SSSR count). The largest absolute Gasteiger partial charge is 0.299 e. The van der Waals surface area contributed by atoms with Crippen molar-refractivity contribution in [3.63, 3.8) is 0 Å². The van der Waals surface area contributed by atoms with Gasteiger partial charge in [0.25, 0.3) is 0 Å². The van der Waals surface area contributed by atoms with E-state index in [0.717, 1.165) is 11.5 Å². The van der Waals surface area contributed by atoms with Gasteiger partial charge in [0, 0.05) is 18.1 Å². The van der Waals surface area contributed by atoms with E-state index in [-0.39, 0.29) is 23.2 Å². The van der Waals surface area contributed by atoms with Crippen molar-refractivity contribution in [1.82, 2.24) is 0 Å². The molecule has 14 heavy (non-hydrogen) atoms. The number of Topliss-reactive ketones (excluding diaryl/α,β-unsaturated/α-hetero) is 1. The Balaban J connectivity index is 2.33. The van der Waals surface area contributed by atoms with E-state index >= 15 is 0 Å². The van der Waals surface area contributed by atoms with Crippen molar-refractivity contribution in [3.8, 4) is 0 Å². The molecule has 1 saturated heterocycles. The molecule has 0 aliphatic carbocycles. The summed E-state index contributed by atoms with van der Waals surface area (Å²) in [5, 5.41) is 0. The van der Waals surface area contributed by atoms with Crippen molar-refractivity contribution in [1.29, 1.82) is 0 Å². The lowest BCUT2D eigenvalue weighted by Gasteiger charge is -2.05. The second-order valence-corrected chi connectivity index (χ2v) is 7.14. The number of thioether (sulfide) groups is 1. The maximum absolute atomic E-state index is 11.5. The molecule has 0 bridgehead atoms. The topological polar surface area (TPSA) is 51.2 Å². The van der Waals surface area contributed by atoms with E-state index in [1.807, 2.05) is 0 Å². The maximum atomic E-state index is 11.5. The number of carbonyl (C=O) groups is 1. The van der Waals surface area contributed by atoms with Crippen LogP contribution in [-0.2, 0) is 14.6 Å². The zero-order valence-corrected chi connectivity index (χ0v) is 9.99. The van der Waals surface area contributed by atoms with E-state index in [0.29, 0.717) is 12.8 Å². The minimum absolute atomic E-state index is 0.0859. The Bertz CT molecular complexity index is 295. The van der Waals surface area contributed by atoms with Crippen LogP contribution in [0.1, 0.15) is 19.8 Å². The fourth-order valence-electron chi connectivity index (χ4n) is 1.57. The summed E-state index contributed by atoms with van der Waals surface area (Å²) in [5.74, 6) is 2.04. The Morgan fingerprint density at radius 1 is 1.50 bits per heavy atom. The molecular weight excluding hydrogens is 220 g/mol. The lowest BCUT2D eigenvalue weighted by atomic mass is 10.0. The van der Waals surface area contributed by atoms with Crippen molar-refractivity contribution in [2.45, 2.75) is 19.8 Å². The first-order valence-corrected chi connectivity index (χ1v) is 7.83. The SMILES string of the molecule is CCSCCC(=O)C1CCS(=O)(=O)C1. The van der Waals surface area contributed by atoms with E-state index in [1.54, 1.807) is 11.8 Å². The van der Waals surface area contributed by atoms with E-state index < -0.39 is 9.84 Å². The molecule has 1 fully saturated rings. The summed E-state index contributed by atoms with van der Waals surface area (Å²) in [5.41, 5.74) is 0. The monoisotopic (exact) mass is 236 g/mol. The third-order valence-electron chi connectivity index (χ3n) is 2.38. The van der Waals surface area contributed by atoms with Gasteiger partial charge in [0.1, 0.15) is 5.78 Å². The van der Waals surface area contributed by atoms with E-state index in [2.05, 4.69) is 6.92 Å². The zero-order chi connectivity index (χ0) is 10.6. The molecule has 1 unspecified atom stereocenters. The van der Waals surface area contributed by atoms with Crippen LogP contribution in [0.4, 0.5) is 0 Å². The van der Waals surface area contributed by atoms with Crippen molar-refractivity contribution >= 4 is 27.4 Å². The van der Waals surface area contributed by atoms with Crippen LogP contribution < -0.4 is 0 Å². The Morgan fingerprint density at radius 3 is 2.71 bits per heavy atom. The van der Waals surface area contributed by atoms with Crippen LogP contribution in [0.5, 0.6) is 0 Å². The second kappa shape index (κ2) is 5.16. The first kappa shape index (κ1) is 12.0. The first-order chi connectivity index (χ1) is 6.55. The molecule has 1 aliphatic heterocycles. The Kier molecular flexibility index (Phi) is 4.44. The molecule has 1 atom stereocenters. The van der Waals surface area contributed by atoms with Crippen LogP contribution in [0, 0.1) is 5.92 Å². The summed E-state index contributed by atoms with van der Waals surface area (Å²) >= 11 is 1.72. The van der Waals surface area contributed by atoms with Crippen molar-refractivity contribution in [2.75, 3.05) is 23.0 Å². The lowest BCUT2D eigenvalue weighted by molar-refractivity contribution is -0.121. The number of carbonyl (C=O) groups excluding carboxylic acids is 1. The lowest BCUT2D eigenvalue weighted by Crippen LogP contribution is -2.16. The van der Waals surface area contributed by atoms with Crippen LogP contribution >= 0.6 is 11.8 Å². The van der Waals surface area contributed by atoms with Gasteiger partial charge in [-0.1, -0.05) is 6.92 Å². The molecule has 0 radical (unpaired) electrons. The van der Waals surface area contributed by atoms with Crippen molar-refractivity contribution in [2.24, 2.45) is 5.92 Å². The quantitative estimate of drug-likeness (QED) is 0.672. The van der Waals surface area contributed by atoms with Gasteiger partial charge in [-0.2, -0.15) is 11.8 Å². The van der Waals surface area contributed by atoms with Gasteiger partial charge < -0.3 is 0 Å². The van der Waals surface area contributed by atoms with Crippen LogP contribution in [0.25, 0.3) is 0 Å². The van der Waals surface area contributed by atoms with E-state index in [9.17, 15) is 13.2 Å². The Hall–Kier alpha value is -0.0300. The molecule has 1 heterocycles. The van der Waals surface area contributed by atoms with Gasteiger partial charge in [0.15, 0.2) is 9.84 Å². The zero-order valence-electron chi connectivity index (χ0n) is 8.36. The fraction of sp³-hybridized carbons (Fsp3) is 0.889. The predicted octanol–water partition coefficient (Wildman–Crippen LogP) is 1.13. The van der Waals surface area contributed by atoms with Gasteiger partial charge in [0.05, 0.1) is 11.5 Å². The minimum Gasteiger partial charge on any atom is -0.299 e. The van der Waals surface area contributed by atoms with Gasteiger partial charge in [-0.3, -0.25) is 4.79 Å². The molecular formula is C9H16O3S2. The van der Waals surface area contributed by atoms with Gasteiger partial charge in [-0.15, -0.1) is 0 Å². The number of sulfone groups is 1. The van der Waals surface area contributed by atoms with Crippen LogP contribution in [-0.4, -0.2) is 37.2 Å². The number of ketones is 1. The summed E-state index contributed by atoms with van der Waals surface area (Å²) in [4.78, 5) is 11.5. The van der Waals surface area contributed by atoms with Gasteiger partial charge >= 0.3 is 0 Å². The number of hydrogen-bond acceptors (Lipinski definition) is 4. The van der Waals surface area contributed by atoms with E-state index in [1.165, 1.54) is 0 Å². The highest BCUT2D eigenvalue weighted by Crippen LogP contribution is 2.21. The standard InChI is InChI=1S/C9H16O3S2/c1-2-13-5-3-9(10)8-4-6-14(11,12)7-8/h8H,2-7H2,1H3. The van der Waals surface area contributed by atoms with Crippen molar-refractivity contribution in [3.05, 3.63) is 0 Å². The number of rotatable bonds is 5. The molecule has 0 aromatic carbocycles. The Morgan fingerprint density at radius 2 is 2.21 bits per heavy atom. The van der Waals surface area contributed by atoms with Gasteiger partial charge in [0.2, 0.25) is 0 Å². The highest BCUT2D eigenvalue weighted by molar-refractivity contribution is 7.99. The fourth-order valence-corrected chi connectivity index (χ4v) is 3.98. The number of hydrogen-bond donors (Lipinski definition) is 0. The smallest absolute Gasteiger partial charge is 0.151 e. The molecule has 0 aromatic heterocycles. The summed E-state index contributed by atoms with van der Waals surface area (Å²) in [7, 11) is -2.90. The highest BCUT2D eigenvalue weighted by atomic mass is 32.2. The average molecular weight is 236 g/mol. The molecule has 0 N–H and O–H groups in total. The maximum Gasteiger partial charge on any atom is 0.151 e. The molecule has 0 amide bonds. The third-order valence-corrected chi connectivity index (χ3v) is 5.05.